The second-order valence-corrected chi connectivity index (χ2v) is 12.3. The average Bonchev–Trinajstić information content (AvgIpc) is 3.46. The van der Waals surface area contributed by atoms with Gasteiger partial charge in [-0.25, -0.2) is 4.98 Å². The van der Waals surface area contributed by atoms with Crippen LogP contribution in [0.3, 0.4) is 0 Å². The van der Waals surface area contributed by atoms with Crippen molar-refractivity contribution in [1.29, 1.82) is 0 Å². The quantitative estimate of drug-likeness (QED) is 0.132. The van der Waals surface area contributed by atoms with Gasteiger partial charge in [-0.05, 0) is 35.6 Å². The molecule has 2 amide bonds. The molecule has 3 heterocycles. The van der Waals surface area contributed by atoms with Crippen molar-refractivity contribution in [2.75, 3.05) is 38.5 Å². The fourth-order valence-electron chi connectivity index (χ4n) is 5.29. The molecule has 2 fully saturated rings. The average molecular weight is 602 g/mol. The number of hydrogen-bond acceptors (Lipinski definition) is 6. The van der Waals surface area contributed by atoms with Gasteiger partial charge in [0, 0.05) is 55.0 Å². The summed E-state index contributed by atoms with van der Waals surface area (Å²) in [6, 6.07) is 3.33. The number of amides is 2. The third-order valence-electron chi connectivity index (χ3n) is 7.47. The van der Waals surface area contributed by atoms with Gasteiger partial charge in [-0.15, -0.1) is 6.58 Å². The van der Waals surface area contributed by atoms with E-state index in [1.165, 1.54) is 6.08 Å². The molecule has 2 aliphatic heterocycles. The topological polar surface area (TPSA) is 135 Å². The minimum absolute atomic E-state index is 0.0459. The van der Waals surface area contributed by atoms with E-state index in [0.29, 0.717) is 41.7 Å². The predicted molar refractivity (Wildman–Crippen MR) is 165 cm³/mol. The van der Waals surface area contributed by atoms with Crippen LogP contribution in [0.15, 0.2) is 42.4 Å². The molecular formula is C29H38Cl2N8O2. The minimum Gasteiger partial charge on any atom is -0.398 e. The number of hydrogen-bond donors (Lipinski definition) is 3. The summed E-state index contributed by atoms with van der Waals surface area (Å²) in [5.74, 6) is 0.248. The van der Waals surface area contributed by atoms with Gasteiger partial charge in [0.2, 0.25) is 5.91 Å². The Kier molecular flexibility index (Phi) is 9.16. The maximum atomic E-state index is 13.5. The van der Waals surface area contributed by atoms with E-state index in [2.05, 4.69) is 54.1 Å². The van der Waals surface area contributed by atoms with Crippen molar-refractivity contribution in [2.45, 2.75) is 51.2 Å². The molecule has 0 bridgehead atoms. The van der Waals surface area contributed by atoms with Crippen LogP contribution < -0.4 is 16.8 Å². The van der Waals surface area contributed by atoms with Gasteiger partial charge in [0.25, 0.3) is 5.91 Å². The molecule has 1 aromatic heterocycles. The first-order valence-corrected chi connectivity index (χ1v) is 14.3. The first kappa shape index (κ1) is 30.6. The molecule has 0 saturated carbocycles. The van der Waals surface area contributed by atoms with Crippen molar-refractivity contribution >= 4 is 46.5 Å². The number of aromatic nitrogens is 2. The molecule has 0 radical (unpaired) electrons. The summed E-state index contributed by atoms with van der Waals surface area (Å²) in [5, 5.41) is 3.65. The zero-order valence-corrected chi connectivity index (χ0v) is 25.3. The molecule has 4 rings (SSSR count). The highest BCUT2D eigenvalue weighted by Gasteiger charge is 2.35. The van der Waals surface area contributed by atoms with Gasteiger partial charge in [-0.3, -0.25) is 19.5 Å². The molecule has 41 heavy (non-hydrogen) atoms. The molecule has 1 atom stereocenters. The summed E-state index contributed by atoms with van der Waals surface area (Å²) in [6.07, 6.45) is 3.92. The van der Waals surface area contributed by atoms with Gasteiger partial charge in [-0.2, -0.15) is 0 Å². The Morgan fingerprint density at radius 1 is 1.22 bits per heavy atom. The Labute approximate surface area is 251 Å². The van der Waals surface area contributed by atoms with Crippen molar-refractivity contribution in [3.8, 4) is 0 Å². The van der Waals surface area contributed by atoms with Crippen molar-refractivity contribution in [3.63, 3.8) is 0 Å². The molecule has 2 aliphatic rings. The van der Waals surface area contributed by atoms with Gasteiger partial charge in [-0.1, -0.05) is 56.6 Å². The van der Waals surface area contributed by atoms with Crippen LogP contribution in [-0.2, 0) is 16.8 Å². The van der Waals surface area contributed by atoms with Crippen LogP contribution in [0.2, 0.25) is 10.2 Å². The standard InChI is InChI=1S/C29H38Cl2N8O2/c1-6-9-37-10-8-18(16-37)39-23(13-34-27(33)19-11-20(29(3,4)5)21(30)12-22(19)32)36-26(31)25(39)28(41)35-17-14-38(15-17)24(40)7-2/h6-7,11-12,17-18H,1-2,8-10,13-16,32H2,3-5H3,(H2,33,34)(H,35,41)/t18-/m1/s1. The number of aliphatic imine (C=N–C) groups is 1. The predicted octanol–water partition coefficient (Wildman–Crippen LogP) is 3.53. The molecule has 2 aromatic rings. The smallest absolute Gasteiger partial charge is 0.271 e. The molecular weight excluding hydrogens is 563 g/mol. The summed E-state index contributed by atoms with van der Waals surface area (Å²) in [4.78, 5) is 38.3. The lowest BCUT2D eigenvalue weighted by Gasteiger charge is -2.39. The van der Waals surface area contributed by atoms with Gasteiger partial charge in [0.15, 0.2) is 5.15 Å². The highest BCUT2D eigenvalue weighted by Crippen LogP contribution is 2.33. The number of amidine groups is 1. The molecule has 2 saturated heterocycles. The molecule has 10 nitrogen and oxygen atoms in total. The van der Waals surface area contributed by atoms with Crippen molar-refractivity contribution < 1.29 is 9.59 Å². The molecule has 0 aliphatic carbocycles. The fraction of sp³-hybridized carbons (Fsp3) is 0.448. The third kappa shape index (κ3) is 6.60. The Hall–Kier alpha value is -3.34. The Morgan fingerprint density at radius 2 is 1.93 bits per heavy atom. The highest BCUT2D eigenvalue weighted by molar-refractivity contribution is 6.32. The number of nitrogens with zero attached hydrogens (tertiary/aromatic N) is 5. The zero-order valence-electron chi connectivity index (χ0n) is 23.8. The number of carbonyl (C=O) groups is 2. The molecule has 0 spiro atoms. The van der Waals surface area contributed by atoms with E-state index in [1.807, 2.05) is 16.7 Å². The maximum Gasteiger partial charge on any atom is 0.271 e. The van der Waals surface area contributed by atoms with E-state index in [-0.39, 0.29) is 52.5 Å². The number of benzene rings is 1. The van der Waals surface area contributed by atoms with E-state index in [1.54, 1.807) is 11.0 Å². The number of likely N-dealkylation sites (tertiary alicyclic amines) is 2. The molecule has 12 heteroatoms. The highest BCUT2D eigenvalue weighted by atomic mass is 35.5. The largest absolute Gasteiger partial charge is 0.398 e. The lowest BCUT2D eigenvalue weighted by atomic mass is 9.85. The molecule has 220 valence electrons. The SMILES string of the molecule is C=CCN1CC[C@@H](n2c(CN=C(N)c3cc(C(C)(C)C)c(Cl)cc3N)nc(Cl)c2C(=O)NC2CN(C(=O)C=C)C2)C1. The lowest BCUT2D eigenvalue weighted by Crippen LogP contribution is -2.60. The lowest BCUT2D eigenvalue weighted by molar-refractivity contribution is -0.130. The first-order chi connectivity index (χ1) is 19.3. The Morgan fingerprint density at radius 3 is 2.56 bits per heavy atom. The van der Waals surface area contributed by atoms with E-state index in [9.17, 15) is 9.59 Å². The third-order valence-corrected chi connectivity index (χ3v) is 8.05. The van der Waals surface area contributed by atoms with E-state index < -0.39 is 0 Å². The van der Waals surface area contributed by atoms with Crippen LogP contribution in [0, 0.1) is 0 Å². The first-order valence-electron chi connectivity index (χ1n) is 13.6. The summed E-state index contributed by atoms with van der Waals surface area (Å²) >= 11 is 13.1. The molecule has 1 aromatic carbocycles. The van der Waals surface area contributed by atoms with Crippen LogP contribution in [-0.4, -0.2) is 75.8 Å². The minimum atomic E-state index is -0.347. The summed E-state index contributed by atoms with van der Waals surface area (Å²) < 4.78 is 1.88. The van der Waals surface area contributed by atoms with Crippen molar-refractivity contribution in [1.82, 2.24) is 24.7 Å². The number of anilines is 1. The van der Waals surface area contributed by atoms with Crippen LogP contribution in [0.1, 0.15) is 60.7 Å². The van der Waals surface area contributed by atoms with Gasteiger partial charge in [0.05, 0.1) is 12.6 Å². The molecule has 5 N–H and O–H groups in total. The number of nitrogen functional groups attached to an aromatic ring is 1. The second-order valence-electron chi connectivity index (χ2n) is 11.5. The van der Waals surface area contributed by atoms with E-state index >= 15 is 0 Å². The summed E-state index contributed by atoms with van der Waals surface area (Å²) in [5.41, 5.74) is 14.7. The number of halogens is 2. The number of rotatable bonds is 9. The van der Waals surface area contributed by atoms with Crippen molar-refractivity contribution in [3.05, 3.63) is 70.3 Å². The molecule has 0 unspecified atom stereocenters. The van der Waals surface area contributed by atoms with Crippen molar-refractivity contribution in [2.24, 2.45) is 10.7 Å². The normalized spacial score (nSPS) is 18.3. The maximum absolute atomic E-state index is 13.5. The van der Waals surface area contributed by atoms with Gasteiger partial charge in [0.1, 0.15) is 17.4 Å². The van der Waals surface area contributed by atoms with Crippen LogP contribution in [0.5, 0.6) is 0 Å². The number of nitrogens with two attached hydrogens (primary N) is 2. The second kappa shape index (κ2) is 12.3. The Bertz CT molecular complexity index is 1390. The van der Waals surface area contributed by atoms with Gasteiger partial charge >= 0.3 is 0 Å². The fourth-order valence-corrected chi connectivity index (χ4v) is 6.02. The monoisotopic (exact) mass is 600 g/mol. The van der Waals surface area contributed by atoms with Crippen LogP contribution >= 0.6 is 23.2 Å². The van der Waals surface area contributed by atoms with Crippen LogP contribution in [0.25, 0.3) is 0 Å². The number of nitrogens with one attached hydrogen (secondary N) is 1. The number of carbonyl (C=O) groups excluding carboxylic acids is 2. The van der Waals surface area contributed by atoms with E-state index in [0.717, 1.165) is 25.1 Å². The Balaban J connectivity index is 1.63. The summed E-state index contributed by atoms with van der Waals surface area (Å²) in [7, 11) is 0. The number of imidazole rings is 1. The summed E-state index contributed by atoms with van der Waals surface area (Å²) in [6.45, 7) is 16.7. The van der Waals surface area contributed by atoms with Crippen LogP contribution in [0.4, 0.5) is 5.69 Å². The van der Waals surface area contributed by atoms with E-state index in [4.69, 9.17) is 34.7 Å². The zero-order chi connectivity index (χ0) is 30.1. The van der Waals surface area contributed by atoms with Gasteiger partial charge < -0.3 is 26.3 Å².